The quantitative estimate of drug-likeness (QED) is 0.352. The molecule has 3 N–H and O–H groups in total. The second kappa shape index (κ2) is 8.86. The molecule has 1 amide bonds. The molecule has 0 aliphatic carbocycles. The molecule has 160 valence electrons. The first-order valence-electron chi connectivity index (χ1n) is 8.21. The van der Waals surface area contributed by atoms with E-state index in [1.165, 1.54) is 0 Å². The number of rotatable bonds is 7. The standard InChI is InChI=1S/C18H14F4N2O6/c19-12-6-1-9(8-14(12)24(29)30)7-13(17(27)28)23-16(26)15(25)10-2-4-11(5-3-10)18(20,21)22/h1-6,8,13,15,25H,7H2,(H,23,26)(H,27,28)/t13-,15-/m0/s1. The van der Waals surface area contributed by atoms with Crippen molar-refractivity contribution in [3.63, 3.8) is 0 Å². The number of nitro groups is 1. The van der Waals surface area contributed by atoms with E-state index in [2.05, 4.69) is 0 Å². The van der Waals surface area contributed by atoms with Crippen LogP contribution in [-0.2, 0) is 22.2 Å². The first kappa shape index (κ1) is 22.7. The third-order valence-electron chi connectivity index (χ3n) is 4.06. The summed E-state index contributed by atoms with van der Waals surface area (Å²) in [5, 5.41) is 32.0. The number of nitrogens with one attached hydrogen (secondary N) is 1. The number of carboxylic acid groups (broad SMARTS) is 1. The highest BCUT2D eigenvalue weighted by Crippen LogP contribution is 2.30. The number of benzene rings is 2. The molecule has 2 aromatic rings. The molecule has 0 aliphatic rings. The number of hydrogen-bond acceptors (Lipinski definition) is 5. The lowest BCUT2D eigenvalue weighted by atomic mass is 10.0. The van der Waals surface area contributed by atoms with Gasteiger partial charge in [0.25, 0.3) is 5.91 Å². The minimum Gasteiger partial charge on any atom is -0.480 e. The summed E-state index contributed by atoms with van der Waals surface area (Å²) in [6, 6.07) is 4.06. The molecule has 8 nitrogen and oxygen atoms in total. The number of alkyl halides is 3. The summed E-state index contributed by atoms with van der Waals surface area (Å²) in [6.07, 6.45) is -7.04. The maximum atomic E-state index is 13.4. The Hall–Kier alpha value is -3.54. The zero-order valence-electron chi connectivity index (χ0n) is 14.9. The normalized spacial score (nSPS) is 13.4. The van der Waals surface area contributed by atoms with E-state index in [1.807, 2.05) is 5.32 Å². The van der Waals surface area contributed by atoms with Crippen LogP contribution < -0.4 is 5.32 Å². The predicted molar refractivity (Wildman–Crippen MR) is 92.7 cm³/mol. The number of hydrogen-bond donors (Lipinski definition) is 3. The highest BCUT2D eigenvalue weighted by molar-refractivity contribution is 5.87. The number of aliphatic hydroxyl groups is 1. The fourth-order valence-electron chi connectivity index (χ4n) is 2.52. The zero-order chi connectivity index (χ0) is 22.6. The lowest BCUT2D eigenvalue weighted by Crippen LogP contribution is -2.44. The van der Waals surface area contributed by atoms with Gasteiger partial charge in [-0.25, -0.2) is 4.79 Å². The van der Waals surface area contributed by atoms with Crippen molar-refractivity contribution in [1.82, 2.24) is 5.32 Å². The van der Waals surface area contributed by atoms with E-state index in [4.69, 9.17) is 0 Å². The van der Waals surface area contributed by atoms with Gasteiger partial charge >= 0.3 is 17.8 Å². The summed E-state index contributed by atoms with van der Waals surface area (Å²) >= 11 is 0. The molecule has 0 bridgehead atoms. The number of halogens is 4. The van der Waals surface area contributed by atoms with Gasteiger partial charge < -0.3 is 15.5 Å². The summed E-state index contributed by atoms with van der Waals surface area (Å²) in [5.41, 5.74) is -2.06. The van der Waals surface area contributed by atoms with E-state index in [9.17, 15) is 47.5 Å². The van der Waals surface area contributed by atoms with Gasteiger partial charge in [-0.2, -0.15) is 17.6 Å². The van der Waals surface area contributed by atoms with Gasteiger partial charge in [-0.15, -0.1) is 0 Å². The van der Waals surface area contributed by atoms with Gasteiger partial charge in [0.2, 0.25) is 5.82 Å². The molecule has 12 heteroatoms. The van der Waals surface area contributed by atoms with Crippen LogP contribution in [0.25, 0.3) is 0 Å². The summed E-state index contributed by atoms with van der Waals surface area (Å²) in [5.74, 6) is -3.88. The molecule has 2 rings (SSSR count). The van der Waals surface area contributed by atoms with Crippen molar-refractivity contribution in [2.24, 2.45) is 0 Å². The van der Waals surface area contributed by atoms with Crippen molar-refractivity contribution < 1.29 is 42.3 Å². The van der Waals surface area contributed by atoms with Gasteiger partial charge in [0.1, 0.15) is 6.04 Å². The number of carbonyl (C=O) groups is 2. The Morgan fingerprint density at radius 2 is 1.73 bits per heavy atom. The van der Waals surface area contributed by atoms with Gasteiger partial charge in [-0.1, -0.05) is 18.2 Å². The second-order valence-electron chi connectivity index (χ2n) is 6.17. The minimum absolute atomic E-state index is 0.0276. The van der Waals surface area contributed by atoms with Gasteiger partial charge in [0.05, 0.1) is 10.5 Å². The molecule has 30 heavy (non-hydrogen) atoms. The Balaban J connectivity index is 2.14. The van der Waals surface area contributed by atoms with Crippen molar-refractivity contribution >= 4 is 17.6 Å². The average Bonchev–Trinajstić information content (AvgIpc) is 2.67. The van der Waals surface area contributed by atoms with Crippen molar-refractivity contribution in [2.45, 2.75) is 24.7 Å². The van der Waals surface area contributed by atoms with E-state index in [0.717, 1.165) is 30.3 Å². The molecule has 0 aromatic heterocycles. The molecule has 0 saturated heterocycles. The fourth-order valence-corrected chi connectivity index (χ4v) is 2.52. The highest BCUT2D eigenvalue weighted by atomic mass is 19.4. The summed E-state index contributed by atoms with van der Waals surface area (Å²) in [4.78, 5) is 33.3. The number of nitrogens with zero attached hydrogens (tertiary/aromatic N) is 1. The monoisotopic (exact) mass is 430 g/mol. The van der Waals surface area contributed by atoms with E-state index in [-0.39, 0.29) is 11.1 Å². The summed E-state index contributed by atoms with van der Waals surface area (Å²) in [7, 11) is 0. The first-order chi connectivity index (χ1) is 13.9. The molecule has 0 fully saturated rings. The van der Waals surface area contributed by atoms with E-state index < -0.39 is 58.6 Å². The summed E-state index contributed by atoms with van der Waals surface area (Å²) < 4.78 is 51.1. The second-order valence-corrected chi connectivity index (χ2v) is 6.17. The Morgan fingerprint density at radius 3 is 2.23 bits per heavy atom. The zero-order valence-corrected chi connectivity index (χ0v) is 14.9. The Morgan fingerprint density at radius 1 is 1.13 bits per heavy atom. The molecule has 0 saturated carbocycles. The average molecular weight is 430 g/mol. The van der Waals surface area contributed by atoms with Crippen LogP contribution in [0.3, 0.4) is 0 Å². The maximum absolute atomic E-state index is 13.4. The van der Waals surface area contributed by atoms with Gasteiger partial charge in [-0.05, 0) is 29.3 Å². The number of carboxylic acids is 1. The Bertz CT molecular complexity index is 962. The maximum Gasteiger partial charge on any atom is 0.416 e. The lowest BCUT2D eigenvalue weighted by molar-refractivity contribution is -0.387. The molecular weight excluding hydrogens is 416 g/mol. The molecular formula is C18H14F4N2O6. The van der Waals surface area contributed by atoms with Crippen molar-refractivity contribution in [3.05, 3.63) is 75.1 Å². The van der Waals surface area contributed by atoms with E-state index in [1.54, 1.807) is 0 Å². The van der Waals surface area contributed by atoms with Crippen LogP contribution in [0.2, 0.25) is 0 Å². The smallest absolute Gasteiger partial charge is 0.416 e. The van der Waals surface area contributed by atoms with Crippen LogP contribution in [0.1, 0.15) is 22.8 Å². The van der Waals surface area contributed by atoms with Crippen molar-refractivity contribution in [2.75, 3.05) is 0 Å². The van der Waals surface area contributed by atoms with Crippen LogP contribution in [0, 0.1) is 15.9 Å². The van der Waals surface area contributed by atoms with Crippen LogP contribution in [-0.4, -0.2) is 33.1 Å². The van der Waals surface area contributed by atoms with Crippen LogP contribution in [0.15, 0.2) is 42.5 Å². The lowest BCUT2D eigenvalue weighted by Gasteiger charge is -2.18. The predicted octanol–water partition coefficient (Wildman–Crippen LogP) is 2.60. The van der Waals surface area contributed by atoms with Crippen LogP contribution >= 0.6 is 0 Å². The number of aliphatic carboxylic acids is 1. The molecule has 2 atom stereocenters. The van der Waals surface area contributed by atoms with E-state index in [0.29, 0.717) is 12.1 Å². The van der Waals surface area contributed by atoms with Crippen LogP contribution in [0.5, 0.6) is 0 Å². The largest absolute Gasteiger partial charge is 0.480 e. The molecule has 0 aliphatic heterocycles. The number of nitro benzene ring substituents is 1. The number of carbonyl (C=O) groups excluding carboxylic acids is 1. The fraction of sp³-hybridized carbons (Fsp3) is 0.222. The summed E-state index contributed by atoms with van der Waals surface area (Å²) in [6.45, 7) is 0. The van der Waals surface area contributed by atoms with Crippen LogP contribution in [0.4, 0.5) is 23.2 Å². The first-order valence-corrected chi connectivity index (χ1v) is 8.21. The highest BCUT2D eigenvalue weighted by Gasteiger charge is 2.31. The third-order valence-corrected chi connectivity index (χ3v) is 4.06. The Labute approximate surface area is 165 Å². The molecule has 0 spiro atoms. The Kier molecular flexibility index (Phi) is 6.72. The SMILES string of the molecule is O=C(O)[C@H](Cc1ccc(F)c([N+](=O)[O-])c1)NC(=O)[C@@H](O)c1ccc(C(F)(F)F)cc1. The molecule has 0 radical (unpaired) electrons. The van der Waals surface area contributed by atoms with Crippen molar-refractivity contribution in [1.29, 1.82) is 0 Å². The molecule has 0 unspecified atom stereocenters. The minimum atomic E-state index is -4.61. The topological polar surface area (TPSA) is 130 Å². The molecule has 0 heterocycles. The molecule has 2 aromatic carbocycles. The van der Waals surface area contributed by atoms with Gasteiger partial charge in [0.15, 0.2) is 6.10 Å². The van der Waals surface area contributed by atoms with Crippen molar-refractivity contribution in [3.8, 4) is 0 Å². The third kappa shape index (κ3) is 5.50. The number of aliphatic hydroxyl groups excluding tert-OH is 1. The number of amides is 1. The van der Waals surface area contributed by atoms with E-state index >= 15 is 0 Å². The van der Waals surface area contributed by atoms with Gasteiger partial charge in [0, 0.05) is 12.5 Å². The van der Waals surface area contributed by atoms with Gasteiger partial charge in [-0.3, -0.25) is 14.9 Å².